The molecular formula is H30Al5O27S3+9. The van der Waals surface area contributed by atoms with Gasteiger partial charge < -0.3 is 82.1 Å². The van der Waals surface area contributed by atoms with Crippen LogP contribution in [0.1, 0.15) is 0 Å². The molecule has 0 spiro atoms. The zero-order chi connectivity index (χ0) is 13.5. The van der Waals surface area contributed by atoms with Crippen LogP contribution in [0.3, 0.4) is 0 Å². The van der Waals surface area contributed by atoms with Gasteiger partial charge in [-0.3, -0.25) is 27.3 Å². The summed E-state index contributed by atoms with van der Waals surface area (Å²) in [6.45, 7) is 0. The third-order valence-corrected chi connectivity index (χ3v) is 0. The van der Waals surface area contributed by atoms with Crippen LogP contribution in [-0.4, -0.2) is 205 Å². The number of hydrogen-bond donors (Lipinski definition) is 6. The summed E-state index contributed by atoms with van der Waals surface area (Å²) in [4.78, 5) is 0. The van der Waals surface area contributed by atoms with Crippen LogP contribution in [0.25, 0.3) is 0 Å². The quantitative estimate of drug-likeness (QED) is 0.102. The molecule has 0 aliphatic rings. The third-order valence-electron chi connectivity index (χ3n) is 0. The topological polar surface area (TPSA) is 687 Å². The number of rotatable bonds is 0. The molecule has 35 heteroatoms. The molecule has 0 saturated carbocycles. The van der Waals surface area contributed by atoms with E-state index in [0.29, 0.717) is 0 Å². The maximum Gasteiger partial charge on any atom is 3.00 e. The van der Waals surface area contributed by atoms with Crippen molar-refractivity contribution in [2.75, 3.05) is 0 Å². The molecule has 35 heavy (non-hydrogen) atoms. The van der Waals surface area contributed by atoms with Gasteiger partial charge >= 0.3 is 118 Å². The Morgan fingerprint density at radius 2 is 0.257 bits per heavy atom. The summed E-state index contributed by atoms with van der Waals surface area (Å²) >= 11 is 0. The average molecular weight is 693 g/mol. The van der Waals surface area contributed by atoms with Crippen molar-refractivity contribution >= 4 is 118 Å². The summed E-state index contributed by atoms with van der Waals surface area (Å²) in [6, 6.07) is 0. The molecular weight excluding hydrogens is 663 g/mol. The first-order valence-corrected chi connectivity index (χ1v) is 6.29. The maximum atomic E-state index is 8.74. The Hall–Kier alpha value is 1.67. The largest absolute Gasteiger partial charge is 3.00 e. The molecule has 0 atom stereocenters. The second-order valence-electron chi connectivity index (χ2n) is 1.34. The van der Waals surface area contributed by atoms with Gasteiger partial charge in [-0.15, -0.1) is 0 Å². The van der Waals surface area contributed by atoms with Gasteiger partial charge in [-0.05, 0) is 0 Å². The Morgan fingerprint density at radius 1 is 0.257 bits per heavy atom. The molecule has 0 saturated heterocycles. The number of hydrogen-bond acceptors (Lipinski definition) is 6. The molecule has 0 aromatic carbocycles. The standard InChI is InChI=1S/5Al.3H2O4S.12H2O.3O/c;;;;;3*1-5(2,3)4;;;;;;;;;;;;;;;/h;;;;;3*(H2,1,2,3,4);12*1H2;;;/q5*+3;;;;;;;;;;;;;;;;3*-2. The van der Waals surface area contributed by atoms with E-state index in [4.69, 9.17) is 52.6 Å². The van der Waals surface area contributed by atoms with Gasteiger partial charge in [0.2, 0.25) is 0 Å². The molecule has 0 bridgehead atoms. The molecule has 0 aliphatic carbocycles. The van der Waals surface area contributed by atoms with Crippen LogP contribution in [-0.2, 0) is 47.6 Å². The molecule has 0 fully saturated rings. The van der Waals surface area contributed by atoms with Crippen LogP contribution in [0, 0.1) is 0 Å². The van der Waals surface area contributed by atoms with E-state index in [0.717, 1.165) is 0 Å². The minimum Gasteiger partial charge on any atom is -2.00 e. The normalized spacial score (nSPS) is 4.97. The van der Waals surface area contributed by atoms with Gasteiger partial charge in [-0.1, -0.05) is 0 Å². The summed E-state index contributed by atoms with van der Waals surface area (Å²) in [7, 11) is -14.0. The molecule has 30 N–H and O–H groups in total. The zero-order valence-corrected chi connectivity index (χ0v) is 24.7. The second-order valence-corrected chi connectivity index (χ2v) is 4.03. The fourth-order valence-electron chi connectivity index (χ4n) is 0. The molecule has 216 valence electrons. The average Bonchev–Trinajstić information content (AvgIpc) is 1.41. The van der Waals surface area contributed by atoms with Crippen molar-refractivity contribution < 1.29 is 135 Å². The molecule has 0 amide bonds. The molecule has 0 heterocycles. The first-order valence-electron chi connectivity index (χ1n) is 2.10. The van der Waals surface area contributed by atoms with Crippen LogP contribution in [0.5, 0.6) is 0 Å². The van der Waals surface area contributed by atoms with Crippen molar-refractivity contribution in [3.8, 4) is 0 Å². The smallest absolute Gasteiger partial charge is 2.00 e. The van der Waals surface area contributed by atoms with Gasteiger partial charge in [0.05, 0.1) is 0 Å². The monoisotopic (exact) mass is 693 g/mol. The zero-order valence-electron chi connectivity index (χ0n) is 16.5. The molecule has 0 radical (unpaired) electrons. The Kier molecular flexibility index (Phi) is 790. The van der Waals surface area contributed by atoms with Gasteiger partial charge in [-0.2, -0.15) is 25.3 Å². The summed E-state index contributed by atoms with van der Waals surface area (Å²) < 4.78 is 94.8. The van der Waals surface area contributed by atoms with Crippen molar-refractivity contribution in [3.63, 3.8) is 0 Å². The Morgan fingerprint density at radius 3 is 0.257 bits per heavy atom. The Labute approximate surface area is 251 Å². The van der Waals surface area contributed by atoms with Gasteiger partial charge in [-0.25, -0.2) is 0 Å². The van der Waals surface area contributed by atoms with Crippen molar-refractivity contribution in [1.82, 2.24) is 0 Å². The predicted molar refractivity (Wildman–Crippen MR) is 117 cm³/mol. The fraction of sp³-hybridized carbons (Fsp3) is 0. The predicted octanol–water partition coefficient (Wildman–Crippen LogP) is -14.1. The van der Waals surface area contributed by atoms with E-state index in [2.05, 4.69) is 0 Å². The SMILES string of the molecule is O.O.O.O.O.O.O.O.O.O.O.O.O=S(=O)(O)O.O=S(=O)(O)O.O=S(=O)(O)O.[Al+3].[Al+3].[Al+3].[Al+3].[Al+3].[O-2].[O-2].[O-2]. The first-order chi connectivity index (χ1) is 6.00. The van der Waals surface area contributed by atoms with E-state index in [1.54, 1.807) is 0 Å². The van der Waals surface area contributed by atoms with E-state index in [-0.39, 0.29) is 169 Å². The molecule has 0 aromatic rings. The van der Waals surface area contributed by atoms with E-state index < -0.39 is 31.2 Å². The Bertz CT molecular complexity index is 356. The summed E-state index contributed by atoms with van der Waals surface area (Å²) in [5.74, 6) is 0. The fourth-order valence-corrected chi connectivity index (χ4v) is 0. The van der Waals surface area contributed by atoms with Gasteiger partial charge in [0.1, 0.15) is 0 Å². The van der Waals surface area contributed by atoms with Gasteiger partial charge in [0.25, 0.3) is 0 Å². The van der Waals surface area contributed by atoms with Crippen molar-refractivity contribution in [2.24, 2.45) is 0 Å². The summed E-state index contributed by atoms with van der Waals surface area (Å²) in [5.41, 5.74) is 0. The van der Waals surface area contributed by atoms with E-state index in [9.17, 15) is 0 Å². The molecule has 0 aromatic heterocycles. The van der Waals surface area contributed by atoms with E-state index in [1.165, 1.54) is 0 Å². The van der Waals surface area contributed by atoms with E-state index in [1.807, 2.05) is 0 Å². The summed E-state index contributed by atoms with van der Waals surface area (Å²) in [6.07, 6.45) is 0. The minimum absolute atomic E-state index is 0. The maximum absolute atomic E-state index is 8.74. The van der Waals surface area contributed by atoms with Crippen LogP contribution < -0.4 is 0 Å². The van der Waals surface area contributed by atoms with Crippen LogP contribution in [0.4, 0.5) is 0 Å². The molecule has 0 aliphatic heterocycles. The van der Waals surface area contributed by atoms with Crippen LogP contribution >= 0.6 is 0 Å². The Balaban J connectivity index is -0.00000000229. The van der Waals surface area contributed by atoms with Crippen molar-refractivity contribution in [1.29, 1.82) is 0 Å². The molecule has 0 rings (SSSR count). The van der Waals surface area contributed by atoms with Gasteiger partial charge in [0.15, 0.2) is 0 Å². The molecule has 0 unspecified atom stereocenters. The molecule has 27 nitrogen and oxygen atoms in total. The first kappa shape index (κ1) is 250. The minimum atomic E-state index is -4.67. The van der Waals surface area contributed by atoms with Crippen LogP contribution in [0.15, 0.2) is 0 Å². The summed E-state index contributed by atoms with van der Waals surface area (Å²) in [5, 5.41) is 0. The van der Waals surface area contributed by atoms with Crippen molar-refractivity contribution in [2.45, 2.75) is 0 Å². The van der Waals surface area contributed by atoms with E-state index >= 15 is 0 Å². The van der Waals surface area contributed by atoms with Gasteiger partial charge in [0, 0.05) is 0 Å². The third kappa shape index (κ3) is 14500. The van der Waals surface area contributed by atoms with Crippen LogP contribution in [0.2, 0.25) is 0 Å². The second kappa shape index (κ2) is 111. The van der Waals surface area contributed by atoms with Crippen molar-refractivity contribution in [3.05, 3.63) is 0 Å².